The van der Waals surface area contributed by atoms with Crippen molar-refractivity contribution < 1.29 is 17.9 Å². The molecule has 0 aromatic heterocycles. The lowest BCUT2D eigenvalue weighted by atomic mass is 10.1. The van der Waals surface area contributed by atoms with Crippen LogP contribution in [0.3, 0.4) is 0 Å². The summed E-state index contributed by atoms with van der Waals surface area (Å²) in [6.07, 6.45) is 0.209. The third-order valence-electron chi connectivity index (χ3n) is 2.94. The van der Waals surface area contributed by atoms with Crippen molar-refractivity contribution in [3.63, 3.8) is 0 Å². The highest BCUT2D eigenvalue weighted by Crippen LogP contribution is 2.24. The molecule has 0 bridgehead atoms. The second kappa shape index (κ2) is 7.92. The van der Waals surface area contributed by atoms with E-state index in [2.05, 4.69) is 19.2 Å². The van der Waals surface area contributed by atoms with E-state index in [-0.39, 0.29) is 21.5 Å². The van der Waals surface area contributed by atoms with E-state index in [0.717, 1.165) is 6.42 Å². The second-order valence-electron chi connectivity index (χ2n) is 5.38. The smallest absolute Gasteiger partial charge is 0.253 e. The van der Waals surface area contributed by atoms with Gasteiger partial charge >= 0.3 is 0 Å². The third-order valence-corrected chi connectivity index (χ3v) is 4.33. The summed E-state index contributed by atoms with van der Waals surface area (Å²) < 4.78 is 28.2. The van der Waals surface area contributed by atoms with Gasteiger partial charge in [0.05, 0.1) is 5.02 Å². The van der Waals surface area contributed by atoms with Gasteiger partial charge in [0.2, 0.25) is 10.0 Å². The van der Waals surface area contributed by atoms with E-state index in [1.165, 1.54) is 18.2 Å². The van der Waals surface area contributed by atoms with Gasteiger partial charge in [-0.2, -0.15) is 0 Å². The summed E-state index contributed by atoms with van der Waals surface area (Å²) in [5, 5.41) is 7.64. The van der Waals surface area contributed by atoms with Gasteiger partial charge in [0, 0.05) is 12.3 Å². The fourth-order valence-electron chi connectivity index (χ4n) is 1.60. The van der Waals surface area contributed by atoms with Gasteiger partial charge in [-0.05, 0) is 37.5 Å². The summed E-state index contributed by atoms with van der Waals surface area (Å²) in [5.74, 6) is 0.121. The van der Waals surface area contributed by atoms with Crippen LogP contribution < -0.4 is 10.5 Å². The van der Waals surface area contributed by atoms with Crippen molar-refractivity contribution in [3.05, 3.63) is 23.2 Å². The Morgan fingerprint density at radius 2 is 2.00 bits per heavy atom. The molecule has 0 aliphatic rings. The fourth-order valence-corrected chi connectivity index (χ4v) is 2.67. The molecule has 0 aliphatic heterocycles. The molecule has 22 heavy (non-hydrogen) atoms. The number of amides is 1. The molecule has 1 aromatic rings. The third kappa shape index (κ3) is 5.92. The molecule has 0 saturated carbocycles. The molecule has 1 rings (SSSR count). The molecular weight excluding hydrogens is 328 g/mol. The maximum Gasteiger partial charge on any atom is 0.253 e. The number of benzene rings is 1. The van der Waals surface area contributed by atoms with Crippen LogP contribution in [0.15, 0.2) is 23.1 Å². The first kappa shape index (κ1) is 18.9. The summed E-state index contributed by atoms with van der Waals surface area (Å²) >= 11 is 5.78. The van der Waals surface area contributed by atoms with E-state index < -0.39 is 16.1 Å². The number of carbonyl (C=O) groups is 1. The van der Waals surface area contributed by atoms with Gasteiger partial charge in [-0.25, -0.2) is 13.6 Å². The highest BCUT2D eigenvalue weighted by Gasteiger charge is 2.17. The molecule has 0 fully saturated rings. The van der Waals surface area contributed by atoms with Crippen LogP contribution in [0.5, 0.6) is 0 Å². The normalized spacial score (nSPS) is 13.2. The van der Waals surface area contributed by atoms with Gasteiger partial charge in [0.25, 0.3) is 5.91 Å². The van der Waals surface area contributed by atoms with Gasteiger partial charge in [-0.3, -0.25) is 4.79 Å². The first-order valence-electron chi connectivity index (χ1n) is 6.86. The molecule has 3 N–H and O–H groups in total. The number of nitrogens with one attached hydrogen (secondary N) is 1. The first-order valence-corrected chi connectivity index (χ1v) is 8.78. The van der Waals surface area contributed by atoms with E-state index in [1.807, 2.05) is 0 Å². The first-order chi connectivity index (χ1) is 10.1. The molecule has 0 radical (unpaired) electrons. The Bertz CT molecular complexity index is 632. The average Bonchev–Trinajstić information content (AvgIpc) is 2.39. The lowest BCUT2D eigenvalue weighted by Crippen LogP contribution is -2.28. The van der Waals surface area contributed by atoms with Gasteiger partial charge < -0.3 is 10.1 Å². The number of carbonyl (C=O) groups excluding carboxylic acids is 1. The predicted molar refractivity (Wildman–Crippen MR) is 86.3 cm³/mol. The highest BCUT2D eigenvalue weighted by molar-refractivity contribution is 7.89. The zero-order valence-corrected chi connectivity index (χ0v) is 14.4. The van der Waals surface area contributed by atoms with Crippen LogP contribution in [-0.4, -0.2) is 27.0 Å². The number of halogens is 1. The van der Waals surface area contributed by atoms with E-state index >= 15 is 0 Å². The number of ether oxygens (including phenoxy) is 1. The van der Waals surface area contributed by atoms with Crippen molar-refractivity contribution in [3.8, 4) is 0 Å². The highest BCUT2D eigenvalue weighted by atomic mass is 35.5. The van der Waals surface area contributed by atoms with Crippen LogP contribution in [0.25, 0.3) is 0 Å². The van der Waals surface area contributed by atoms with Crippen molar-refractivity contribution >= 4 is 33.2 Å². The Morgan fingerprint density at radius 3 is 2.55 bits per heavy atom. The number of rotatable bonds is 7. The minimum atomic E-state index is -3.95. The van der Waals surface area contributed by atoms with Gasteiger partial charge in [0.15, 0.2) is 0 Å². The molecule has 0 heterocycles. The second-order valence-corrected chi connectivity index (χ2v) is 7.31. The summed E-state index contributed by atoms with van der Waals surface area (Å²) in [7, 11) is -3.95. The molecule has 1 atom stereocenters. The zero-order chi connectivity index (χ0) is 16.9. The quantitative estimate of drug-likeness (QED) is 0.790. The Hall–Kier alpha value is -1.15. The predicted octanol–water partition coefficient (Wildman–Crippen LogP) is 2.38. The lowest BCUT2D eigenvalue weighted by molar-refractivity contribution is -0.126. The Morgan fingerprint density at radius 1 is 1.36 bits per heavy atom. The van der Waals surface area contributed by atoms with E-state index in [4.69, 9.17) is 21.5 Å². The van der Waals surface area contributed by atoms with Crippen molar-refractivity contribution in [1.29, 1.82) is 0 Å². The van der Waals surface area contributed by atoms with Crippen LogP contribution in [-0.2, 0) is 19.6 Å². The average molecular weight is 349 g/mol. The monoisotopic (exact) mass is 348 g/mol. The molecule has 0 spiro atoms. The zero-order valence-electron chi connectivity index (χ0n) is 12.8. The SMILES string of the molecule is CC(C)CCO[C@@H](C)C(=O)Nc1ccc(Cl)c(S(N)(=O)=O)c1. The van der Waals surface area contributed by atoms with Crippen molar-refractivity contribution in [1.82, 2.24) is 0 Å². The number of nitrogens with two attached hydrogens (primary N) is 1. The molecule has 0 unspecified atom stereocenters. The van der Waals surface area contributed by atoms with E-state index in [1.54, 1.807) is 6.92 Å². The maximum absolute atomic E-state index is 12.0. The van der Waals surface area contributed by atoms with Crippen molar-refractivity contribution in [2.24, 2.45) is 11.1 Å². The molecular formula is C14H21ClN2O4S. The molecule has 1 aromatic carbocycles. The Balaban J connectivity index is 2.72. The molecule has 8 heteroatoms. The minimum Gasteiger partial charge on any atom is -0.369 e. The van der Waals surface area contributed by atoms with Crippen LogP contribution in [0, 0.1) is 5.92 Å². The standard InChI is InChI=1S/C14H21ClN2O4S/c1-9(2)6-7-21-10(3)14(18)17-11-4-5-12(15)13(8-11)22(16,19)20/h4-5,8-10H,6-7H2,1-3H3,(H,17,18)(H2,16,19,20)/t10-/m0/s1. The number of hydrogen-bond acceptors (Lipinski definition) is 4. The summed E-state index contributed by atoms with van der Waals surface area (Å²) in [4.78, 5) is 11.7. The van der Waals surface area contributed by atoms with Crippen LogP contribution in [0.2, 0.25) is 5.02 Å². The molecule has 1 amide bonds. The van der Waals surface area contributed by atoms with E-state index in [9.17, 15) is 13.2 Å². The van der Waals surface area contributed by atoms with Crippen molar-refractivity contribution in [2.75, 3.05) is 11.9 Å². The van der Waals surface area contributed by atoms with E-state index in [0.29, 0.717) is 12.5 Å². The molecule has 6 nitrogen and oxygen atoms in total. The van der Waals surface area contributed by atoms with Crippen LogP contribution in [0.4, 0.5) is 5.69 Å². The van der Waals surface area contributed by atoms with Crippen LogP contribution in [0.1, 0.15) is 27.2 Å². The topological polar surface area (TPSA) is 98.5 Å². The Kier molecular flexibility index (Phi) is 6.80. The lowest BCUT2D eigenvalue weighted by Gasteiger charge is -2.15. The molecule has 0 aliphatic carbocycles. The van der Waals surface area contributed by atoms with Gasteiger partial charge in [0.1, 0.15) is 11.0 Å². The largest absolute Gasteiger partial charge is 0.369 e. The number of primary sulfonamides is 1. The maximum atomic E-state index is 12.0. The molecule has 0 saturated heterocycles. The summed E-state index contributed by atoms with van der Waals surface area (Å²) in [6.45, 7) is 6.24. The Labute approximate surface area is 136 Å². The number of hydrogen-bond donors (Lipinski definition) is 2. The van der Waals surface area contributed by atoms with Crippen molar-refractivity contribution in [2.45, 2.75) is 38.2 Å². The van der Waals surface area contributed by atoms with Gasteiger partial charge in [-0.15, -0.1) is 0 Å². The minimum absolute atomic E-state index is 0.00160. The number of sulfonamides is 1. The van der Waals surface area contributed by atoms with Crippen LogP contribution >= 0.6 is 11.6 Å². The molecule has 124 valence electrons. The summed E-state index contributed by atoms with van der Waals surface area (Å²) in [6, 6.07) is 4.08. The van der Waals surface area contributed by atoms with Gasteiger partial charge in [-0.1, -0.05) is 25.4 Å². The number of anilines is 1. The fraction of sp³-hybridized carbons (Fsp3) is 0.500. The summed E-state index contributed by atoms with van der Waals surface area (Å²) in [5.41, 5.74) is 0.290.